The van der Waals surface area contributed by atoms with Crippen LogP contribution in [0.2, 0.25) is 19.6 Å². The molecule has 6 aliphatic rings. The van der Waals surface area contributed by atoms with Crippen LogP contribution in [-0.4, -0.2) is 46.9 Å². The highest BCUT2D eigenvalue weighted by Crippen LogP contribution is 2.87. The van der Waals surface area contributed by atoms with Crippen molar-refractivity contribution in [2.45, 2.75) is 81.9 Å². The minimum atomic E-state index is -4.17. The molecule has 0 radical (unpaired) electrons. The summed E-state index contributed by atoms with van der Waals surface area (Å²) in [6, 6.07) is 16.6. The molecule has 0 N–H and O–H groups in total. The standard InChI is InChI=1S/C32H38O7SSi/c1-21-13-15-24(16-14-21)40(33,34)38-26-18-30-22(2)17-25-31(30,37-25)28(3)20-36-32(29(26,28)4,27(30)39-41(5,6)7)35-19-23-11-9-8-10-12-23/h8-16,18,25,27H,2,17,19-20H2,1,3-7H3/t25-,27?,28-,29-,30+,31+,32?/m1/s1. The predicted octanol–water partition coefficient (Wildman–Crippen LogP) is 5.87. The van der Waals surface area contributed by atoms with Gasteiger partial charge >= 0.3 is 10.1 Å². The van der Waals surface area contributed by atoms with Crippen LogP contribution in [0.3, 0.4) is 0 Å². The minimum absolute atomic E-state index is 0.0487. The van der Waals surface area contributed by atoms with Crippen LogP contribution in [0.4, 0.5) is 0 Å². The van der Waals surface area contributed by atoms with Crippen LogP contribution in [0.1, 0.15) is 31.4 Å². The molecule has 2 saturated heterocycles. The van der Waals surface area contributed by atoms with Crippen molar-refractivity contribution in [1.29, 1.82) is 0 Å². The Hall–Kier alpha value is -2.27. The lowest BCUT2D eigenvalue weighted by atomic mass is 9.39. The van der Waals surface area contributed by atoms with Gasteiger partial charge in [-0.15, -0.1) is 0 Å². The van der Waals surface area contributed by atoms with Crippen LogP contribution >= 0.6 is 0 Å². The Labute approximate surface area is 243 Å². The van der Waals surface area contributed by atoms with Gasteiger partial charge in [-0.05, 0) is 63.7 Å². The molecule has 2 heterocycles. The van der Waals surface area contributed by atoms with Gasteiger partial charge in [-0.3, -0.25) is 0 Å². The maximum atomic E-state index is 13.8. The monoisotopic (exact) mass is 594 g/mol. The lowest BCUT2D eigenvalue weighted by Crippen LogP contribution is -2.79. The second kappa shape index (κ2) is 8.21. The maximum Gasteiger partial charge on any atom is 0.338 e. The Morgan fingerprint density at radius 2 is 1.73 bits per heavy atom. The van der Waals surface area contributed by atoms with Crippen LogP contribution in [0.25, 0.3) is 0 Å². The smallest absolute Gasteiger partial charge is 0.338 e. The molecule has 2 aromatic rings. The summed E-state index contributed by atoms with van der Waals surface area (Å²) in [4.78, 5) is 0.0969. The number of rotatable bonds is 8. The largest absolute Gasteiger partial charge is 0.408 e. The fourth-order valence-electron chi connectivity index (χ4n) is 8.37. The van der Waals surface area contributed by atoms with E-state index in [0.29, 0.717) is 18.8 Å². The molecule has 41 heavy (non-hydrogen) atoms. The minimum Gasteiger partial charge on any atom is -0.408 e. The summed E-state index contributed by atoms with van der Waals surface area (Å²) < 4.78 is 61.3. The molecule has 2 aliphatic heterocycles. The van der Waals surface area contributed by atoms with E-state index in [0.717, 1.165) is 16.7 Å². The van der Waals surface area contributed by atoms with E-state index < -0.39 is 52.2 Å². The van der Waals surface area contributed by atoms with Crippen molar-refractivity contribution in [3.63, 3.8) is 0 Å². The topological polar surface area (TPSA) is 83.6 Å². The van der Waals surface area contributed by atoms with E-state index in [-0.39, 0.29) is 17.6 Å². The van der Waals surface area contributed by atoms with Gasteiger partial charge in [-0.25, -0.2) is 0 Å². The highest BCUT2D eigenvalue weighted by atomic mass is 32.2. The molecule has 9 heteroatoms. The number of aryl methyl sites for hydroxylation is 1. The second-order valence-electron chi connectivity index (χ2n) is 13.7. The van der Waals surface area contributed by atoms with Crippen LogP contribution in [0, 0.1) is 23.2 Å². The molecule has 4 fully saturated rings. The Bertz CT molecular complexity index is 1580. The van der Waals surface area contributed by atoms with Gasteiger partial charge in [-0.2, -0.15) is 8.42 Å². The van der Waals surface area contributed by atoms with Crippen molar-refractivity contribution in [3.05, 3.63) is 89.7 Å². The SMILES string of the molecule is C=C1C[C@H]2O[C@]23[C@]2(C)COC4(OCc5ccccc5)C(O[Si](C)(C)C)[C@]13C=C(OS(=O)(=O)c1ccc(C)cc1)[C@@]42C. The average molecular weight is 595 g/mol. The first-order valence-corrected chi connectivity index (χ1v) is 19.1. The lowest BCUT2D eigenvalue weighted by molar-refractivity contribution is -0.344. The van der Waals surface area contributed by atoms with E-state index in [9.17, 15) is 8.42 Å². The fraction of sp³-hybridized carbons (Fsp3) is 0.500. The number of ether oxygens (including phenoxy) is 3. The van der Waals surface area contributed by atoms with E-state index in [1.54, 1.807) is 24.3 Å². The van der Waals surface area contributed by atoms with Crippen molar-refractivity contribution < 1.29 is 31.2 Å². The summed E-state index contributed by atoms with van der Waals surface area (Å²) in [7, 11) is -6.38. The molecule has 2 aromatic carbocycles. The van der Waals surface area contributed by atoms with Gasteiger partial charge in [0.1, 0.15) is 22.4 Å². The summed E-state index contributed by atoms with van der Waals surface area (Å²) >= 11 is 0. The third-order valence-corrected chi connectivity index (χ3v) is 12.6. The van der Waals surface area contributed by atoms with Crippen molar-refractivity contribution in [3.8, 4) is 0 Å². The zero-order chi connectivity index (χ0) is 29.3. The molecule has 2 unspecified atom stereocenters. The Kier molecular flexibility index (Phi) is 5.52. The summed E-state index contributed by atoms with van der Waals surface area (Å²) in [5.74, 6) is -1.04. The van der Waals surface area contributed by atoms with E-state index in [1.165, 1.54) is 0 Å². The average Bonchev–Trinajstić information content (AvgIpc) is 3.51. The van der Waals surface area contributed by atoms with Crippen molar-refractivity contribution in [1.82, 2.24) is 0 Å². The normalized spacial score (nSPS) is 40.2. The third kappa shape index (κ3) is 3.20. The van der Waals surface area contributed by atoms with Gasteiger partial charge in [0.05, 0.1) is 30.1 Å². The van der Waals surface area contributed by atoms with Crippen LogP contribution in [0.5, 0.6) is 0 Å². The van der Waals surface area contributed by atoms with E-state index >= 15 is 0 Å². The maximum absolute atomic E-state index is 13.8. The first kappa shape index (κ1) is 27.6. The molecule has 2 spiro atoms. The third-order valence-electron chi connectivity index (χ3n) is 10.4. The molecule has 0 aromatic heterocycles. The van der Waals surface area contributed by atoms with E-state index in [2.05, 4.69) is 33.1 Å². The summed E-state index contributed by atoms with van der Waals surface area (Å²) in [5.41, 5.74) is -0.372. The van der Waals surface area contributed by atoms with E-state index in [1.807, 2.05) is 50.3 Å². The van der Waals surface area contributed by atoms with Crippen LogP contribution in [-0.2, 0) is 39.5 Å². The zero-order valence-electron chi connectivity index (χ0n) is 24.5. The quantitative estimate of drug-likeness (QED) is 0.164. The molecule has 7 atom stereocenters. The first-order valence-electron chi connectivity index (χ1n) is 14.3. The molecule has 4 aliphatic carbocycles. The van der Waals surface area contributed by atoms with Gasteiger partial charge in [0, 0.05) is 5.41 Å². The van der Waals surface area contributed by atoms with Crippen molar-refractivity contribution in [2.24, 2.45) is 16.2 Å². The van der Waals surface area contributed by atoms with Crippen LogP contribution < -0.4 is 0 Å². The number of hydrogen-bond donors (Lipinski definition) is 0. The molecule has 2 saturated carbocycles. The zero-order valence-corrected chi connectivity index (χ0v) is 26.3. The summed E-state index contributed by atoms with van der Waals surface area (Å²) in [6.07, 6.45) is 1.98. The Balaban J connectivity index is 1.44. The number of hydrogen-bond acceptors (Lipinski definition) is 7. The molecule has 0 amide bonds. The van der Waals surface area contributed by atoms with E-state index in [4.69, 9.17) is 22.8 Å². The molecule has 218 valence electrons. The van der Waals surface area contributed by atoms with Crippen LogP contribution in [0.15, 0.2) is 83.5 Å². The molecular formula is C32H38O7SSi. The second-order valence-corrected chi connectivity index (χ2v) is 19.7. The summed E-state index contributed by atoms with van der Waals surface area (Å²) in [5, 5.41) is 0. The van der Waals surface area contributed by atoms with Gasteiger partial charge in [0.15, 0.2) is 8.32 Å². The Morgan fingerprint density at radius 1 is 1.05 bits per heavy atom. The predicted molar refractivity (Wildman–Crippen MR) is 156 cm³/mol. The van der Waals surface area contributed by atoms with Crippen molar-refractivity contribution >= 4 is 18.4 Å². The molecular weight excluding hydrogens is 556 g/mol. The molecule has 4 bridgehead atoms. The first-order chi connectivity index (χ1) is 19.2. The number of epoxide rings is 1. The van der Waals surface area contributed by atoms with Gasteiger partial charge < -0.3 is 22.8 Å². The highest BCUT2D eigenvalue weighted by molar-refractivity contribution is 7.86. The fourth-order valence-corrected chi connectivity index (χ4v) is 10.4. The van der Waals surface area contributed by atoms with Crippen molar-refractivity contribution in [2.75, 3.05) is 6.61 Å². The lowest BCUT2D eigenvalue weighted by Gasteiger charge is -2.67. The number of benzene rings is 2. The van der Waals surface area contributed by atoms with Gasteiger partial charge in [-0.1, -0.05) is 67.1 Å². The molecule has 8 rings (SSSR count). The Morgan fingerprint density at radius 3 is 2.39 bits per heavy atom. The van der Waals surface area contributed by atoms with Gasteiger partial charge in [0.25, 0.3) is 0 Å². The highest BCUT2D eigenvalue weighted by Gasteiger charge is 2.98. The molecule has 7 nitrogen and oxygen atoms in total. The van der Waals surface area contributed by atoms with Gasteiger partial charge in [0.2, 0.25) is 5.79 Å². The summed E-state index contributed by atoms with van der Waals surface area (Å²) in [6.45, 7) is 17.6.